The summed E-state index contributed by atoms with van der Waals surface area (Å²) >= 11 is 12.3. The lowest BCUT2D eigenvalue weighted by atomic mass is 9.92. The molecule has 4 atom stereocenters. The third-order valence-corrected chi connectivity index (χ3v) is 5.18. The summed E-state index contributed by atoms with van der Waals surface area (Å²) in [6, 6.07) is 3.82. The highest BCUT2D eigenvalue weighted by molar-refractivity contribution is 6.42. The molecule has 120 valence electrons. The molecule has 2 fully saturated rings. The molecular formula is C16H18Cl2O4. The van der Waals surface area contributed by atoms with E-state index >= 15 is 0 Å². The van der Waals surface area contributed by atoms with Crippen LogP contribution in [0.1, 0.15) is 31.1 Å². The Labute approximate surface area is 139 Å². The van der Waals surface area contributed by atoms with E-state index in [4.69, 9.17) is 42.1 Å². The summed E-state index contributed by atoms with van der Waals surface area (Å²) < 4.78 is 23.8. The maximum atomic E-state index is 6.19. The lowest BCUT2D eigenvalue weighted by molar-refractivity contribution is -0.189. The number of hydrogen-bond donors (Lipinski definition) is 0. The van der Waals surface area contributed by atoms with Crippen molar-refractivity contribution in [2.45, 2.75) is 50.5 Å². The Bertz CT molecular complexity index is 604. The van der Waals surface area contributed by atoms with Gasteiger partial charge in [-0.3, -0.25) is 0 Å². The number of hydrogen-bond acceptors (Lipinski definition) is 4. The first-order valence-electron chi connectivity index (χ1n) is 7.51. The minimum absolute atomic E-state index is 0.0447. The Morgan fingerprint density at radius 3 is 2.64 bits per heavy atom. The lowest BCUT2D eigenvalue weighted by Gasteiger charge is -2.33. The maximum Gasteiger partial charge on any atom is 0.164 e. The van der Waals surface area contributed by atoms with Gasteiger partial charge in [-0.05, 0) is 43.5 Å². The summed E-state index contributed by atoms with van der Waals surface area (Å²) in [5.41, 5.74) is 2.20. The van der Waals surface area contributed by atoms with Crippen molar-refractivity contribution in [3.05, 3.63) is 33.3 Å². The molecule has 0 amide bonds. The molecule has 4 rings (SSSR count). The summed E-state index contributed by atoms with van der Waals surface area (Å²) in [4.78, 5) is 0. The molecule has 0 N–H and O–H groups in total. The van der Waals surface area contributed by atoms with E-state index in [2.05, 4.69) is 0 Å². The summed E-state index contributed by atoms with van der Waals surface area (Å²) in [6.45, 7) is 5.01. The van der Waals surface area contributed by atoms with Gasteiger partial charge in [0.2, 0.25) is 0 Å². The Hall–Kier alpha value is -0.360. The monoisotopic (exact) mass is 344 g/mol. The van der Waals surface area contributed by atoms with Crippen molar-refractivity contribution in [1.29, 1.82) is 0 Å². The van der Waals surface area contributed by atoms with Gasteiger partial charge in [-0.25, -0.2) is 0 Å². The standard InChI is InChI=1S/C16H18Cl2O4/c1-16(2)21-12-7-20-15(14(12)22-16)13-9-6-11(18)10(17)5-8(9)3-4-19-13/h5-6,12-15H,3-4,7H2,1-2H3. The van der Waals surface area contributed by atoms with Crippen molar-refractivity contribution in [2.24, 2.45) is 0 Å². The van der Waals surface area contributed by atoms with Crippen LogP contribution in [0.5, 0.6) is 0 Å². The van der Waals surface area contributed by atoms with Gasteiger partial charge in [-0.2, -0.15) is 0 Å². The minimum atomic E-state index is -0.577. The van der Waals surface area contributed by atoms with E-state index in [1.807, 2.05) is 26.0 Å². The van der Waals surface area contributed by atoms with Crippen molar-refractivity contribution in [1.82, 2.24) is 0 Å². The first kappa shape index (κ1) is 15.2. The van der Waals surface area contributed by atoms with Gasteiger partial charge < -0.3 is 18.9 Å². The van der Waals surface area contributed by atoms with Crippen molar-refractivity contribution in [3.8, 4) is 0 Å². The predicted octanol–water partition coefficient (Wildman–Crippen LogP) is 3.53. The summed E-state index contributed by atoms with van der Waals surface area (Å²) in [5, 5.41) is 1.11. The van der Waals surface area contributed by atoms with Crippen molar-refractivity contribution in [3.63, 3.8) is 0 Å². The molecule has 6 heteroatoms. The molecule has 4 unspecified atom stereocenters. The zero-order chi connectivity index (χ0) is 15.5. The summed E-state index contributed by atoms with van der Waals surface area (Å²) in [5.74, 6) is -0.577. The molecule has 3 aliphatic rings. The molecule has 0 aliphatic carbocycles. The van der Waals surface area contributed by atoms with Crippen molar-refractivity contribution in [2.75, 3.05) is 13.2 Å². The normalized spacial score (nSPS) is 36.2. The van der Waals surface area contributed by atoms with E-state index in [0.29, 0.717) is 23.3 Å². The third-order valence-electron chi connectivity index (χ3n) is 4.45. The fraction of sp³-hybridized carbons (Fsp3) is 0.625. The van der Waals surface area contributed by atoms with Gasteiger partial charge in [0.1, 0.15) is 24.4 Å². The third kappa shape index (κ3) is 2.46. The molecule has 4 nitrogen and oxygen atoms in total. The van der Waals surface area contributed by atoms with Crippen LogP contribution in [-0.4, -0.2) is 37.3 Å². The van der Waals surface area contributed by atoms with Crippen LogP contribution in [0.3, 0.4) is 0 Å². The van der Waals surface area contributed by atoms with Gasteiger partial charge in [0, 0.05) is 0 Å². The number of ether oxygens (including phenoxy) is 4. The van der Waals surface area contributed by atoms with E-state index in [9.17, 15) is 0 Å². The Morgan fingerprint density at radius 2 is 1.82 bits per heavy atom. The maximum absolute atomic E-state index is 6.19. The molecule has 3 aliphatic heterocycles. The van der Waals surface area contributed by atoms with Gasteiger partial charge >= 0.3 is 0 Å². The topological polar surface area (TPSA) is 36.9 Å². The average Bonchev–Trinajstić information content (AvgIpc) is 2.94. The first-order valence-corrected chi connectivity index (χ1v) is 8.27. The second-order valence-corrected chi connectivity index (χ2v) is 7.26. The quantitative estimate of drug-likeness (QED) is 0.780. The van der Waals surface area contributed by atoms with Crippen LogP contribution in [-0.2, 0) is 25.4 Å². The molecule has 0 radical (unpaired) electrons. The van der Waals surface area contributed by atoms with Gasteiger partial charge in [-0.15, -0.1) is 0 Å². The van der Waals surface area contributed by atoms with Gasteiger partial charge in [-0.1, -0.05) is 23.2 Å². The fourth-order valence-electron chi connectivity index (χ4n) is 3.57. The Kier molecular flexibility index (Phi) is 3.68. The van der Waals surface area contributed by atoms with Crippen LogP contribution in [0.2, 0.25) is 10.0 Å². The summed E-state index contributed by atoms with van der Waals surface area (Å²) in [6.07, 6.45) is 0.262. The van der Waals surface area contributed by atoms with Crippen LogP contribution in [0, 0.1) is 0 Å². The highest BCUT2D eigenvalue weighted by Crippen LogP contribution is 2.43. The zero-order valence-electron chi connectivity index (χ0n) is 12.5. The van der Waals surface area contributed by atoms with Crippen LogP contribution < -0.4 is 0 Å². The number of fused-ring (bicyclic) bond motifs is 2. The second-order valence-electron chi connectivity index (χ2n) is 6.44. The molecule has 0 bridgehead atoms. The van der Waals surface area contributed by atoms with Crippen LogP contribution in [0.25, 0.3) is 0 Å². The predicted molar refractivity (Wildman–Crippen MR) is 82.4 cm³/mol. The van der Waals surface area contributed by atoms with Crippen LogP contribution >= 0.6 is 23.2 Å². The number of benzene rings is 1. The van der Waals surface area contributed by atoms with E-state index in [1.165, 1.54) is 0 Å². The lowest BCUT2D eigenvalue weighted by Crippen LogP contribution is -2.37. The molecule has 2 saturated heterocycles. The molecule has 1 aromatic rings. The van der Waals surface area contributed by atoms with E-state index in [-0.39, 0.29) is 24.4 Å². The van der Waals surface area contributed by atoms with Gasteiger partial charge in [0.05, 0.1) is 23.3 Å². The van der Waals surface area contributed by atoms with Gasteiger partial charge in [0.15, 0.2) is 5.79 Å². The van der Waals surface area contributed by atoms with Crippen LogP contribution in [0.4, 0.5) is 0 Å². The average molecular weight is 345 g/mol. The number of halogens is 2. The van der Waals surface area contributed by atoms with Crippen LogP contribution in [0.15, 0.2) is 12.1 Å². The molecule has 1 aromatic carbocycles. The molecular weight excluding hydrogens is 327 g/mol. The van der Waals surface area contributed by atoms with E-state index in [1.54, 1.807) is 0 Å². The summed E-state index contributed by atoms with van der Waals surface area (Å²) in [7, 11) is 0. The zero-order valence-corrected chi connectivity index (χ0v) is 14.0. The SMILES string of the molecule is CC1(C)OC2COC(C3OCCc4cc(Cl)c(Cl)cc43)C2O1. The van der Waals surface area contributed by atoms with Crippen molar-refractivity contribution >= 4 is 23.2 Å². The van der Waals surface area contributed by atoms with E-state index in [0.717, 1.165) is 17.5 Å². The molecule has 0 saturated carbocycles. The van der Waals surface area contributed by atoms with Crippen molar-refractivity contribution < 1.29 is 18.9 Å². The smallest absolute Gasteiger partial charge is 0.164 e. The Balaban J connectivity index is 1.66. The van der Waals surface area contributed by atoms with E-state index < -0.39 is 5.79 Å². The number of rotatable bonds is 1. The minimum Gasteiger partial charge on any atom is -0.370 e. The molecule has 22 heavy (non-hydrogen) atoms. The highest BCUT2D eigenvalue weighted by Gasteiger charge is 2.53. The second kappa shape index (κ2) is 5.33. The molecule has 0 aromatic heterocycles. The fourth-order valence-corrected chi connectivity index (χ4v) is 3.93. The molecule has 0 spiro atoms. The Morgan fingerprint density at radius 1 is 1.05 bits per heavy atom. The van der Waals surface area contributed by atoms with Gasteiger partial charge in [0.25, 0.3) is 0 Å². The largest absolute Gasteiger partial charge is 0.370 e. The highest BCUT2D eigenvalue weighted by atomic mass is 35.5. The first-order chi connectivity index (χ1) is 10.4. The molecule has 3 heterocycles.